The summed E-state index contributed by atoms with van der Waals surface area (Å²) in [4.78, 5) is 9.88. The predicted molar refractivity (Wildman–Crippen MR) is 34.6 cm³/mol. The highest BCUT2D eigenvalue weighted by atomic mass is 16.5. The molecule has 4 heteroatoms. The second kappa shape index (κ2) is 2.51. The summed E-state index contributed by atoms with van der Waals surface area (Å²) in [6.45, 7) is 2.22. The summed E-state index contributed by atoms with van der Waals surface area (Å²) in [7, 11) is 1.78. The number of ether oxygens (including phenoxy) is 1. The van der Waals surface area contributed by atoms with E-state index in [0.29, 0.717) is 12.2 Å². The van der Waals surface area contributed by atoms with Crippen molar-refractivity contribution in [2.24, 2.45) is 7.05 Å². The molecule has 0 aliphatic rings. The quantitative estimate of drug-likeness (QED) is 0.553. The molecule has 1 heterocycles. The maximum atomic E-state index is 9.88. The van der Waals surface area contributed by atoms with Crippen LogP contribution in [0.25, 0.3) is 0 Å². The van der Waals surface area contributed by atoms with Crippen molar-refractivity contribution in [3.63, 3.8) is 0 Å². The molecule has 1 aromatic heterocycles. The van der Waals surface area contributed by atoms with Crippen LogP contribution in [0.15, 0.2) is 6.20 Å². The van der Waals surface area contributed by atoms with Gasteiger partial charge in [-0.05, 0) is 6.92 Å². The van der Waals surface area contributed by atoms with Crippen LogP contribution in [0.2, 0.25) is 0 Å². The molecule has 0 spiro atoms. The van der Waals surface area contributed by atoms with E-state index in [1.165, 1.54) is 6.20 Å². The summed E-state index contributed by atoms with van der Waals surface area (Å²) in [5, 5.41) is 3.87. The molecule has 4 nitrogen and oxygen atoms in total. The normalized spacial score (nSPS) is 9.40. The Bertz CT molecular complexity index is 242. The van der Waals surface area contributed by atoms with Crippen molar-refractivity contribution >= 4 is 6.47 Å². The molecule has 0 bridgehead atoms. The van der Waals surface area contributed by atoms with Crippen molar-refractivity contribution in [2.75, 3.05) is 0 Å². The molecule has 1 rings (SSSR count). The van der Waals surface area contributed by atoms with Gasteiger partial charge in [-0.1, -0.05) is 0 Å². The molecule has 0 radical (unpaired) electrons. The van der Waals surface area contributed by atoms with Gasteiger partial charge in [0.05, 0.1) is 11.9 Å². The third-order valence-corrected chi connectivity index (χ3v) is 1.37. The Hall–Kier alpha value is -1.32. The second-order valence-electron chi connectivity index (χ2n) is 1.93. The third-order valence-electron chi connectivity index (χ3n) is 1.37. The molecule has 0 amide bonds. The Balaban J connectivity index is 2.93. The van der Waals surface area contributed by atoms with Crippen LogP contribution in [0.4, 0.5) is 0 Å². The number of aromatic nitrogens is 2. The Kier molecular flexibility index (Phi) is 1.71. The molecule has 0 saturated heterocycles. The Morgan fingerprint density at radius 1 is 1.80 bits per heavy atom. The fourth-order valence-corrected chi connectivity index (χ4v) is 0.646. The number of rotatable bonds is 2. The minimum atomic E-state index is 0.393. The van der Waals surface area contributed by atoms with Crippen molar-refractivity contribution in [3.8, 4) is 5.75 Å². The predicted octanol–water partition coefficient (Wildman–Crippen LogP) is 0.264. The fraction of sp³-hybridized carbons (Fsp3) is 0.333. The molecule has 0 aromatic carbocycles. The minimum Gasteiger partial charge on any atom is -0.425 e. The van der Waals surface area contributed by atoms with Crippen molar-refractivity contribution < 1.29 is 9.53 Å². The van der Waals surface area contributed by atoms with Gasteiger partial charge in [-0.3, -0.25) is 9.48 Å². The third kappa shape index (κ3) is 1.00. The van der Waals surface area contributed by atoms with Gasteiger partial charge in [0.25, 0.3) is 6.47 Å². The van der Waals surface area contributed by atoms with Gasteiger partial charge in [-0.2, -0.15) is 5.10 Å². The molecule has 0 aliphatic heterocycles. The van der Waals surface area contributed by atoms with Gasteiger partial charge >= 0.3 is 0 Å². The smallest absolute Gasteiger partial charge is 0.298 e. The van der Waals surface area contributed by atoms with E-state index in [0.717, 1.165) is 5.69 Å². The highest BCUT2D eigenvalue weighted by Gasteiger charge is 2.02. The lowest BCUT2D eigenvalue weighted by Crippen LogP contribution is -1.94. The van der Waals surface area contributed by atoms with Crippen LogP contribution >= 0.6 is 0 Å². The average molecular weight is 140 g/mol. The highest BCUT2D eigenvalue weighted by molar-refractivity contribution is 5.45. The largest absolute Gasteiger partial charge is 0.425 e. The van der Waals surface area contributed by atoms with Crippen LogP contribution in [0.5, 0.6) is 5.75 Å². The van der Waals surface area contributed by atoms with Crippen LogP contribution in [-0.2, 0) is 11.8 Å². The van der Waals surface area contributed by atoms with Crippen LogP contribution in [0, 0.1) is 6.92 Å². The maximum absolute atomic E-state index is 9.88. The van der Waals surface area contributed by atoms with E-state index in [1.807, 2.05) is 6.92 Å². The van der Waals surface area contributed by atoms with E-state index < -0.39 is 0 Å². The van der Waals surface area contributed by atoms with Gasteiger partial charge < -0.3 is 4.74 Å². The van der Waals surface area contributed by atoms with Gasteiger partial charge in [0.1, 0.15) is 0 Å². The lowest BCUT2D eigenvalue weighted by Gasteiger charge is -1.94. The maximum Gasteiger partial charge on any atom is 0.298 e. The molecule has 1 aromatic rings. The number of carbonyl (C=O) groups is 1. The van der Waals surface area contributed by atoms with Gasteiger partial charge in [-0.15, -0.1) is 0 Å². The van der Waals surface area contributed by atoms with Crippen molar-refractivity contribution in [1.29, 1.82) is 0 Å². The van der Waals surface area contributed by atoms with E-state index in [4.69, 9.17) is 0 Å². The first-order chi connectivity index (χ1) is 4.75. The van der Waals surface area contributed by atoms with Crippen LogP contribution < -0.4 is 4.74 Å². The molecular weight excluding hydrogens is 132 g/mol. The van der Waals surface area contributed by atoms with Crippen molar-refractivity contribution in [3.05, 3.63) is 11.9 Å². The average Bonchev–Trinajstić information content (AvgIpc) is 2.20. The van der Waals surface area contributed by atoms with Crippen molar-refractivity contribution in [1.82, 2.24) is 9.78 Å². The summed E-state index contributed by atoms with van der Waals surface area (Å²) < 4.78 is 6.23. The van der Waals surface area contributed by atoms with E-state index >= 15 is 0 Å². The zero-order chi connectivity index (χ0) is 7.56. The summed E-state index contributed by atoms with van der Waals surface area (Å²) in [5.41, 5.74) is 0.840. The molecule has 0 N–H and O–H groups in total. The van der Waals surface area contributed by atoms with Gasteiger partial charge in [0, 0.05) is 7.05 Å². The summed E-state index contributed by atoms with van der Waals surface area (Å²) >= 11 is 0. The Morgan fingerprint density at radius 3 is 2.90 bits per heavy atom. The van der Waals surface area contributed by atoms with E-state index in [1.54, 1.807) is 11.7 Å². The Labute approximate surface area is 58.4 Å². The topological polar surface area (TPSA) is 44.1 Å². The second-order valence-corrected chi connectivity index (χ2v) is 1.93. The van der Waals surface area contributed by atoms with Gasteiger partial charge in [-0.25, -0.2) is 0 Å². The van der Waals surface area contributed by atoms with E-state index in [2.05, 4.69) is 9.84 Å². The number of aryl methyl sites for hydroxylation is 1. The first-order valence-corrected chi connectivity index (χ1v) is 2.84. The molecule has 0 fully saturated rings. The number of hydrogen-bond acceptors (Lipinski definition) is 3. The molecular formula is C6H8N2O2. The monoisotopic (exact) mass is 140 g/mol. The fourth-order valence-electron chi connectivity index (χ4n) is 0.646. The SMILES string of the molecule is Cc1c(OC=O)cnn1C. The van der Waals surface area contributed by atoms with Crippen LogP contribution in [0.1, 0.15) is 5.69 Å². The van der Waals surface area contributed by atoms with Gasteiger partial charge in [0.15, 0.2) is 5.75 Å². The van der Waals surface area contributed by atoms with E-state index in [9.17, 15) is 4.79 Å². The van der Waals surface area contributed by atoms with Gasteiger partial charge in [0.2, 0.25) is 0 Å². The molecule has 0 aliphatic carbocycles. The Morgan fingerprint density at radius 2 is 2.50 bits per heavy atom. The summed E-state index contributed by atoms with van der Waals surface area (Å²) in [6, 6.07) is 0. The summed E-state index contributed by atoms with van der Waals surface area (Å²) in [5.74, 6) is 0.512. The highest BCUT2D eigenvalue weighted by Crippen LogP contribution is 2.13. The van der Waals surface area contributed by atoms with Crippen LogP contribution in [-0.4, -0.2) is 16.3 Å². The molecule has 0 saturated carbocycles. The van der Waals surface area contributed by atoms with Crippen LogP contribution in [0.3, 0.4) is 0 Å². The first kappa shape index (κ1) is 6.80. The summed E-state index contributed by atoms with van der Waals surface area (Å²) in [6.07, 6.45) is 1.50. The number of carbonyl (C=O) groups excluding carboxylic acids is 1. The van der Waals surface area contributed by atoms with E-state index in [-0.39, 0.29) is 0 Å². The molecule has 0 atom stereocenters. The zero-order valence-electron chi connectivity index (χ0n) is 5.87. The number of nitrogens with zero attached hydrogens (tertiary/aromatic N) is 2. The zero-order valence-corrected chi connectivity index (χ0v) is 5.87. The standard InChI is InChI=1S/C6H8N2O2/c1-5-6(10-4-9)3-7-8(5)2/h3-4H,1-2H3. The minimum absolute atomic E-state index is 0.393. The van der Waals surface area contributed by atoms with Crippen molar-refractivity contribution in [2.45, 2.75) is 6.92 Å². The lowest BCUT2D eigenvalue weighted by molar-refractivity contribution is -0.120. The molecule has 0 unspecified atom stereocenters. The number of hydrogen-bond donors (Lipinski definition) is 0. The molecule has 54 valence electrons. The first-order valence-electron chi connectivity index (χ1n) is 2.84. The molecule has 10 heavy (non-hydrogen) atoms. The lowest BCUT2D eigenvalue weighted by atomic mass is 10.4.